The first kappa shape index (κ1) is 21.6. The second-order valence-electron chi connectivity index (χ2n) is 5.86. The van der Waals surface area contributed by atoms with E-state index in [1.54, 1.807) is 34.1 Å². The molecule has 1 aromatic carbocycles. The summed E-state index contributed by atoms with van der Waals surface area (Å²) in [6, 6.07) is 6.86. The summed E-state index contributed by atoms with van der Waals surface area (Å²) in [5.74, 6) is -0.313. The zero-order valence-corrected chi connectivity index (χ0v) is 16.2. The molecule has 0 aliphatic heterocycles. The second kappa shape index (κ2) is 11.3. The lowest BCUT2D eigenvalue weighted by atomic mass is 10.1. The SMILES string of the molecule is CCNC(=O)CN(CC)CC(=O)Nc1ccc(C(=O)N(CC)CC)cc1. The first-order valence-corrected chi connectivity index (χ1v) is 9.13. The molecule has 144 valence electrons. The van der Waals surface area contributed by atoms with Gasteiger partial charge in [0.15, 0.2) is 0 Å². The van der Waals surface area contributed by atoms with Gasteiger partial charge in [-0.25, -0.2) is 0 Å². The minimum atomic E-state index is -0.195. The van der Waals surface area contributed by atoms with Gasteiger partial charge in [-0.3, -0.25) is 19.3 Å². The maximum atomic E-state index is 12.3. The van der Waals surface area contributed by atoms with Gasteiger partial charge in [0.25, 0.3) is 5.91 Å². The van der Waals surface area contributed by atoms with E-state index in [1.807, 2.05) is 27.7 Å². The van der Waals surface area contributed by atoms with Crippen LogP contribution in [0, 0.1) is 0 Å². The van der Waals surface area contributed by atoms with Crippen molar-refractivity contribution in [3.8, 4) is 0 Å². The molecule has 7 nitrogen and oxygen atoms in total. The molecule has 1 rings (SSSR count). The smallest absolute Gasteiger partial charge is 0.253 e. The Morgan fingerprint density at radius 2 is 1.42 bits per heavy atom. The zero-order chi connectivity index (χ0) is 19.5. The fourth-order valence-electron chi connectivity index (χ4n) is 2.53. The van der Waals surface area contributed by atoms with Crippen molar-refractivity contribution in [2.45, 2.75) is 27.7 Å². The maximum Gasteiger partial charge on any atom is 0.253 e. The predicted molar refractivity (Wildman–Crippen MR) is 103 cm³/mol. The maximum absolute atomic E-state index is 12.3. The lowest BCUT2D eigenvalue weighted by molar-refractivity contribution is -0.123. The summed E-state index contributed by atoms with van der Waals surface area (Å²) in [4.78, 5) is 39.6. The van der Waals surface area contributed by atoms with Gasteiger partial charge in [0, 0.05) is 30.9 Å². The summed E-state index contributed by atoms with van der Waals surface area (Å²) in [6.45, 7) is 10.5. The Balaban J connectivity index is 2.61. The molecule has 2 N–H and O–H groups in total. The van der Waals surface area contributed by atoms with Gasteiger partial charge in [-0.05, 0) is 51.6 Å². The quantitative estimate of drug-likeness (QED) is 0.662. The number of carbonyl (C=O) groups is 3. The lowest BCUT2D eigenvalue weighted by Gasteiger charge is -2.20. The highest BCUT2D eigenvalue weighted by Gasteiger charge is 2.14. The van der Waals surface area contributed by atoms with Gasteiger partial charge < -0.3 is 15.5 Å². The zero-order valence-electron chi connectivity index (χ0n) is 16.2. The van der Waals surface area contributed by atoms with Crippen LogP contribution in [0.3, 0.4) is 0 Å². The van der Waals surface area contributed by atoms with Crippen LogP contribution in [0.15, 0.2) is 24.3 Å². The number of likely N-dealkylation sites (N-methyl/N-ethyl adjacent to an activating group) is 2. The Hall–Kier alpha value is -2.41. The fraction of sp³-hybridized carbons (Fsp3) is 0.526. The molecule has 0 fully saturated rings. The third kappa shape index (κ3) is 6.84. The van der Waals surface area contributed by atoms with Crippen LogP contribution in [-0.4, -0.2) is 66.8 Å². The molecule has 0 aliphatic carbocycles. The second-order valence-corrected chi connectivity index (χ2v) is 5.86. The van der Waals surface area contributed by atoms with Crippen LogP contribution in [0.25, 0.3) is 0 Å². The molecule has 0 saturated carbocycles. The molecular formula is C19H30N4O3. The summed E-state index contributed by atoms with van der Waals surface area (Å²) in [7, 11) is 0. The van der Waals surface area contributed by atoms with Gasteiger partial charge >= 0.3 is 0 Å². The number of anilines is 1. The fourth-order valence-corrected chi connectivity index (χ4v) is 2.53. The number of hydrogen-bond acceptors (Lipinski definition) is 4. The molecule has 0 bridgehead atoms. The molecule has 0 aromatic heterocycles. The number of benzene rings is 1. The average Bonchev–Trinajstić information content (AvgIpc) is 2.62. The number of nitrogens with one attached hydrogen (secondary N) is 2. The van der Waals surface area contributed by atoms with Crippen LogP contribution in [0.5, 0.6) is 0 Å². The van der Waals surface area contributed by atoms with Gasteiger partial charge in [0.2, 0.25) is 11.8 Å². The number of hydrogen-bond donors (Lipinski definition) is 2. The monoisotopic (exact) mass is 362 g/mol. The van der Waals surface area contributed by atoms with Gasteiger partial charge in [-0.15, -0.1) is 0 Å². The van der Waals surface area contributed by atoms with E-state index in [9.17, 15) is 14.4 Å². The van der Waals surface area contributed by atoms with Gasteiger partial charge in [-0.2, -0.15) is 0 Å². The van der Waals surface area contributed by atoms with Gasteiger partial charge in [0.1, 0.15) is 0 Å². The molecule has 0 unspecified atom stereocenters. The van der Waals surface area contributed by atoms with Crippen molar-refractivity contribution in [1.29, 1.82) is 0 Å². The van der Waals surface area contributed by atoms with Crippen LogP contribution in [0.2, 0.25) is 0 Å². The molecule has 3 amide bonds. The Labute approximate surface area is 155 Å². The molecule has 26 heavy (non-hydrogen) atoms. The van der Waals surface area contributed by atoms with E-state index in [0.29, 0.717) is 37.4 Å². The molecule has 0 heterocycles. The Morgan fingerprint density at radius 1 is 0.846 bits per heavy atom. The van der Waals surface area contributed by atoms with E-state index in [0.717, 1.165) is 0 Å². The third-order valence-electron chi connectivity index (χ3n) is 4.02. The van der Waals surface area contributed by atoms with Gasteiger partial charge in [-0.1, -0.05) is 6.92 Å². The van der Waals surface area contributed by atoms with Crippen LogP contribution < -0.4 is 10.6 Å². The number of carbonyl (C=O) groups excluding carboxylic acids is 3. The van der Waals surface area contributed by atoms with Crippen LogP contribution in [-0.2, 0) is 9.59 Å². The summed E-state index contributed by atoms with van der Waals surface area (Å²) in [6.07, 6.45) is 0. The number of amides is 3. The Bertz CT molecular complexity index is 597. The van der Waals surface area contributed by atoms with Crippen molar-refractivity contribution in [1.82, 2.24) is 15.1 Å². The van der Waals surface area contributed by atoms with Crippen molar-refractivity contribution in [3.63, 3.8) is 0 Å². The largest absolute Gasteiger partial charge is 0.355 e. The summed E-state index contributed by atoms with van der Waals surface area (Å²) < 4.78 is 0. The minimum absolute atomic E-state index is 0.0213. The first-order valence-electron chi connectivity index (χ1n) is 9.13. The molecule has 0 atom stereocenters. The Kier molecular flexibility index (Phi) is 9.36. The standard InChI is InChI=1S/C19H30N4O3/c1-5-20-17(24)13-22(6-2)14-18(25)21-16-11-9-15(10-12-16)19(26)23(7-3)8-4/h9-12H,5-8,13-14H2,1-4H3,(H,20,24)(H,21,25). The van der Waals surface area contributed by atoms with Crippen molar-refractivity contribution < 1.29 is 14.4 Å². The molecular weight excluding hydrogens is 332 g/mol. The minimum Gasteiger partial charge on any atom is -0.355 e. The summed E-state index contributed by atoms with van der Waals surface area (Å²) >= 11 is 0. The number of rotatable bonds is 10. The normalized spacial score (nSPS) is 10.5. The highest BCUT2D eigenvalue weighted by Crippen LogP contribution is 2.12. The van der Waals surface area contributed by atoms with Crippen molar-refractivity contribution in [2.24, 2.45) is 0 Å². The summed E-state index contributed by atoms with van der Waals surface area (Å²) in [5, 5.41) is 5.52. The average molecular weight is 362 g/mol. The van der Waals surface area contributed by atoms with Crippen LogP contribution >= 0.6 is 0 Å². The molecule has 7 heteroatoms. The van der Waals surface area contributed by atoms with Crippen LogP contribution in [0.4, 0.5) is 5.69 Å². The highest BCUT2D eigenvalue weighted by molar-refractivity contribution is 5.96. The van der Waals surface area contributed by atoms with Crippen LogP contribution in [0.1, 0.15) is 38.1 Å². The lowest BCUT2D eigenvalue weighted by Crippen LogP contribution is -2.41. The molecule has 0 spiro atoms. The van der Waals surface area contributed by atoms with E-state index in [1.165, 1.54) is 0 Å². The third-order valence-corrected chi connectivity index (χ3v) is 4.02. The van der Waals surface area contributed by atoms with E-state index >= 15 is 0 Å². The van der Waals surface area contributed by atoms with E-state index < -0.39 is 0 Å². The first-order chi connectivity index (χ1) is 12.4. The highest BCUT2D eigenvalue weighted by atomic mass is 16.2. The molecule has 1 aromatic rings. The molecule has 0 saturated heterocycles. The summed E-state index contributed by atoms with van der Waals surface area (Å²) in [5.41, 5.74) is 1.22. The van der Waals surface area contributed by atoms with Crippen molar-refractivity contribution >= 4 is 23.4 Å². The van der Waals surface area contributed by atoms with E-state index in [-0.39, 0.29) is 30.8 Å². The Morgan fingerprint density at radius 3 is 1.92 bits per heavy atom. The predicted octanol–water partition coefficient (Wildman–Crippen LogP) is 1.57. The van der Waals surface area contributed by atoms with Crippen molar-refractivity contribution in [3.05, 3.63) is 29.8 Å². The molecule has 0 radical (unpaired) electrons. The topological polar surface area (TPSA) is 81.8 Å². The van der Waals surface area contributed by atoms with E-state index in [2.05, 4.69) is 10.6 Å². The number of nitrogens with zero attached hydrogens (tertiary/aromatic N) is 2. The van der Waals surface area contributed by atoms with E-state index in [4.69, 9.17) is 0 Å². The van der Waals surface area contributed by atoms with Gasteiger partial charge in [0.05, 0.1) is 13.1 Å². The van der Waals surface area contributed by atoms with Crippen molar-refractivity contribution in [2.75, 3.05) is 44.6 Å². The molecule has 0 aliphatic rings.